The molecule has 298 valence electrons. The maximum Gasteiger partial charge on any atom is 0.352 e. The van der Waals surface area contributed by atoms with Gasteiger partial charge in [-0.15, -0.1) is 0 Å². The van der Waals surface area contributed by atoms with Gasteiger partial charge in [-0.2, -0.15) is 5.10 Å². The van der Waals surface area contributed by atoms with Crippen molar-refractivity contribution in [3.63, 3.8) is 0 Å². The standard InChI is InChI=1S/C45H43BrCl2N6O4/c1-23-15-29-19-37(45(56)57)52(22-31-20-30(46)12-13-49-31)41(29)36(16-23)53-21-26(4)54-42-34(10-11-35(47)39(42)38-27(5)50-51(7)28(38)6)33(43(54)44(53)55)9-8-14-58-32-17-24(2)40(48)25(3)18-32/h10-13,15-20,26H,8-9,14,21-22H2,1-7H3,(H,56,57)/t26-/m1/s1. The van der Waals surface area contributed by atoms with E-state index in [-0.39, 0.29) is 24.2 Å². The van der Waals surface area contributed by atoms with Crippen molar-refractivity contribution in [2.45, 2.75) is 67.0 Å². The molecule has 1 amide bonds. The van der Waals surface area contributed by atoms with E-state index in [1.807, 2.05) is 99.8 Å². The number of halogens is 3. The van der Waals surface area contributed by atoms with Crippen LogP contribution in [0.4, 0.5) is 5.69 Å². The number of carboxylic acids is 1. The van der Waals surface area contributed by atoms with Crippen LogP contribution in [0.15, 0.2) is 65.3 Å². The number of fused-ring (bicyclic) bond motifs is 4. The van der Waals surface area contributed by atoms with Crippen LogP contribution in [0.25, 0.3) is 32.9 Å². The summed E-state index contributed by atoms with van der Waals surface area (Å²) in [6, 6.07) is 17.0. The Morgan fingerprint density at radius 1 is 0.983 bits per heavy atom. The Morgan fingerprint density at radius 3 is 2.40 bits per heavy atom. The van der Waals surface area contributed by atoms with Gasteiger partial charge in [0.1, 0.15) is 17.1 Å². The van der Waals surface area contributed by atoms with Crippen molar-refractivity contribution in [2.24, 2.45) is 7.05 Å². The number of hydrogen-bond donors (Lipinski definition) is 1. The summed E-state index contributed by atoms with van der Waals surface area (Å²) in [5.74, 6) is -0.485. The van der Waals surface area contributed by atoms with Gasteiger partial charge in [0.05, 0.1) is 46.3 Å². The van der Waals surface area contributed by atoms with Crippen molar-refractivity contribution >= 4 is 78.5 Å². The average Bonchev–Trinajstić information content (AvgIpc) is 3.78. The molecule has 0 fully saturated rings. The Morgan fingerprint density at radius 2 is 1.72 bits per heavy atom. The highest BCUT2D eigenvalue weighted by Gasteiger charge is 2.38. The second-order valence-electron chi connectivity index (χ2n) is 15.4. The maximum absolute atomic E-state index is 15.5. The van der Waals surface area contributed by atoms with Gasteiger partial charge in [0, 0.05) is 62.9 Å². The quantitative estimate of drug-likeness (QED) is 0.137. The van der Waals surface area contributed by atoms with Crippen LogP contribution in [0.5, 0.6) is 5.75 Å². The molecule has 1 N–H and O–H groups in total. The molecule has 0 aliphatic carbocycles. The number of aromatic nitrogens is 5. The number of amides is 1. The van der Waals surface area contributed by atoms with Crippen LogP contribution in [0.2, 0.25) is 10.0 Å². The summed E-state index contributed by atoms with van der Waals surface area (Å²) >= 11 is 17.1. The first kappa shape index (κ1) is 39.7. The summed E-state index contributed by atoms with van der Waals surface area (Å²) < 4.78 is 12.9. The molecule has 0 radical (unpaired) electrons. The third-order valence-corrected chi connectivity index (χ3v) is 12.7. The van der Waals surface area contributed by atoms with Gasteiger partial charge in [0.15, 0.2) is 0 Å². The zero-order chi connectivity index (χ0) is 41.3. The van der Waals surface area contributed by atoms with Gasteiger partial charge in [-0.1, -0.05) is 45.2 Å². The van der Waals surface area contributed by atoms with Gasteiger partial charge < -0.3 is 23.9 Å². The van der Waals surface area contributed by atoms with E-state index in [1.165, 1.54) is 0 Å². The van der Waals surface area contributed by atoms with E-state index in [1.54, 1.807) is 16.8 Å². The number of pyridine rings is 1. The lowest BCUT2D eigenvalue weighted by Gasteiger charge is -2.35. The van der Waals surface area contributed by atoms with Crippen LogP contribution in [0.1, 0.15) is 79.7 Å². The number of nitrogens with zero attached hydrogens (tertiary/aromatic N) is 6. The van der Waals surface area contributed by atoms with E-state index in [0.717, 1.165) is 76.3 Å². The van der Waals surface area contributed by atoms with Crippen molar-refractivity contribution in [3.8, 4) is 16.9 Å². The molecule has 1 aliphatic rings. The van der Waals surface area contributed by atoms with Crippen LogP contribution < -0.4 is 9.64 Å². The second-order valence-corrected chi connectivity index (χ2v) is 17.1. The number of rotatable bonds is 10. The molecule has 1 aliphatic heterocycles. The maximum atomic E-state index is 15.5. The Hall–Kier alpha value is -5.10. The Kier molecular flexibility index (Phi) is 10.4. The Bertz CT molecular complexity index is 2810. The number of carbonyl (C=O) groups excluding carboxylic acids is 1. The van der Waals surface area contributed by atoms with Crippen molar-refractivity contribution in [1.29, 1.82) is 0 Å². The van der Waals surface area contributed by atoms with E-state index in [9.17, 15) is 9.90 Å². The molecule has 4 aromatic heterocycles. The summed E-state index contributed by atoms with van der Waals surface area (Å²) in [5.41, 5.74) is 10.9. The number of anilines is 1. The van der Waals surface area contributed by atoms with Gasteiger partial charge in [-0.05, 0) is 125 Å². The molecule has 8 rings (SSSR count). The topological polar surface area (TPSA) is 107 Å². The van der Waals surface area contributed by atoms with E-state index < -0.39 is 5.97 Å². The van der Waals surface area contributed by atoms with Crippen LogP contribution >= 0.6 is 39.1 Å². The first-order chi connectivity index (χ1) is 27.6. The first-order valence-corrected chi connectivity index (χ1v) is 20.7. The van der Waals surface area contributed by atoms with E-state index in [0.29, 0.717) is 53.6 Å². The molecule has 0 saturated carbocycles. The van der Waals surface area contributed by atoms with E-state index in [4.69, 9.17) is 33.0 Å². The zero-order valence-corrected chi connectivity index (χ0v) is 36.5. The van der Waals surface area contributed by atoms with Crippen LogP contribution in [-0.4, -0.2) is 54.0 Å². The van der Waals surface area contributed by atoms with Crippen molar-refractivity contribution < 1.29 is 19.4 Å². The molecule has 1 atom stereocenters. The normalized spacial score (nSPS) is 14.2. The van der Waals surface area contributed by atoms with Gasteiger partial charge in [0.2, 0.25) is 0 Å². The highest BCUT2D eigenvalue weighted by molar-refractivity contribution is 9.10. The molecule has 13 heteroatoms. The zero-order valence-electron chi connectivity index (χ0n) is 33.4. The minimum atomic E-state index is -1.06. The monoisotopic (exact) mass is 880 g/mol. The number of aromatic carboxylic acids is 1. The number of carbonyl (C=O) groups is 2. The lowest BCUT2D eigenvalue weighted by atomic mass is 9.98. The summed E-state index contributed by atoms with van der Waals surface area (Å²) in [7, 11) is 1.92. The van der Waals surface area contributed by atoms with Crippen LogP contribution in [0, 0.1) is 34.6 Å². The van der Waals surface area contributed by atoms with Gasteiger partial charge in [0.25, 0.3) is 5.91 Å². The van der Waals surface area contributed by atoms with Crippen LogP contribution in [-0.2, 0) is 20.0 Å². The number of benzene rings is 3. The highest BCUT2D eigenvalue weighted by atomic mass is 79.9. The minimum Gasteiger partial charge on any atom is -0.494 e. The minimum absolute atomic E-state index is 0.114. The molecule has 58 heavy (non-hydrogen) atoms. The molecule has 10 nitrogen and oxygen atoms in total. The van der Waals surface area contributed by atoms with Gasteiger partial charge in [-0.25, -0.2) is 4.79 Å². The molecule has 0 saturated heterocycles. The molecule has 3 aromatic carbocycles. The average molecular weight is 883 g/mol. The lowest BCUT2D eigenvalue weighted by molar-refractivity contribution is 0.0686. The largest absolute Gasteiger partial charge is 0.494 e. The summed E-state index contributed by atoms with van der Waals surface area (Å²) in [6.45, 7) is 13.0. The third kappa shape index (κ3) is 6.76. The fourth-order valence-corrected chi connectivity index (χ4v) is 9.46. The predicted octanol–water partition coefficient (Wildman–Crippen LogP) is 11.0. The molecule has 0 unspecified atom stereocenters. The molecular formula is C45H43BrCl2N6O4. The number of ether oxygens (including phenoxy) is 1. The van der Waals surface area contributed by atoms with Gasteiger partial charge in [-0.3, -0.25) is 14.5 Å². The molecule has 5 heterocycles. The predicted molar refractivity (Wildman–Crippen MR) is 234 cm³/mol. The summed E-state index contributed by atoms with van der Waals surface area (Å²) in [5, 5.41) is 18.2. The Balaban J connectivity index is 1.30. The summed E-state index contributed by atoms with van der Waals surface area (Å²) in [6.07, 6.45) is 2.88. The number of aryl methyl sites for hydroxylation is 6. The summed E-state index contributed by atoms with van der Waals surface area (Å²) in [4.78, 5) is 34.6. The van der Waals surface area contributed by atoms with Crippen molar-refractivity contribution in [3.05, 3.63) is 126 Å². The second kappa shape index (κ2) is 15.3. The van der Waals surface area contributed by atoms with Crippen molar-refractivity contribution in [1.82, 2.24) is 23.9 Å². The molecule has 0 spiro atoms. The third-order valence-electron chi connectivity index (χ3n) is 11.3. The van der Waals surface area contributed by atoms with Crippen molar-refractivity contribution in [2.75, 3.05) is 18.1 Å². The fourth-order valence-electron chi connectivity index (χ4n) is 8.72. The smallest absolute Gasteiger partial charge is 0.352 e. The number of carboxylic acid groups (broad SMARTS) is 1. The molecular weight excluding hydrogens is 839 g/mol. The van der Waals surface area contributed by atoms with Crippen LogP contribution in [0.3, 0.4) is 0 Å². The highest BCUT2D eigenvalue weighted by Crippen LogP contribution is 2.46. The fraction of sp³-hybridized carbons (Fsp3) is 0.289. The Labute approximate surface area is 355 Å². The number of hydrogen-bond acceptors (Lipinski definition) is 5. The molecule has 0 bridgehead atoms. The lowest BCUT2D eigenvalue weighted by Crippen LogP contribution is -2.43. The SMILES string of the molecule is Cc1cc(N2C[C@@H](C)n3c(c(CCCOc4cc(C)c(Cl)c(C)c4)c4ccc(Cl)c(-c5c(C)nn(C)c5C)c43)C2=O)c2c(c1)cc(C(=O)O)n2Cc1cc(Br)ccn1. The molecule has 7 aromatic rings. The van der Waals surface area contributed by atoms with E-state index >= 15 is 4.79 Å². The van der Waals surface area contributed by atoms with Gasteiger partial charge >= 0.3 is 5.97 Å². The first-order valence-electron chi connectivity index (χ1n) is 19.2. The van der Waals surface area contributed by atoms with E-state index in [2.05, 4.69) is 32.4 Å².